The maximum Gasteiger partial charge on any atom is 0.315 e. The van der Waals surface area contributed by atoms with Gasteiger partial charge in [0.25, 0.3) is 0 Å². The van der Waals surface area contributed by atoms with Crippen LogP contribution in [0.25, 0.3) is 0 Å². The summed E-state index contributed by atoms with van der Waals surface area (Å²) in [5.41, 5.74) is 1.66. The fourth-order valence-corrected chi connectivity index (χ4v) is 2.97. The van der Waals surface area contributed by atoms with Gasteiger partial charge in [-0.1, -0.05) is 43.7 Å². The van der Waals surface area contributed by atoms with Crippen molar-refractivity contribution in [2.45, 2.75) is 38.9 Å². The Balaban J connectivity index is 1.94. The van der Waals surface area contributed by atoms with Crippen LogP contribution < -0.4 is 15.4 Å². The van der Waals surface area contributed by atoms with Gasteiger partial charge in [0.1, 0.15) is 17.6 Å². The number of nitrogens with one attached hydrogen (secondary N) is 2. The van der Waals surface area contributed by atoms with Gasteiger partial charge in [-0.05, 0) is 30.2 Å². The molecular weight excluding hydrogens is 373 g/mol. The lowest BCUT2D eigenvalue weighted by molar-refractivity contribution is -0.132. The van der Waals surface area contributed by atoms with E-state index >= 15 is 0 Å². The van der Waals surface area contributed by atoms with E-state index in [2.05, 4.69) is 10.6 Å². The van der Waals surface area contributed by atoms with E-state index in [0.29, 0.717) is 18.7 Å². The molecule has 1 unspecified atom stereocenters. The van der Waals surface area contributed by atoms with Crippen LogP contribution in [0.5, 0.6) is 5.75 Å². The predicted molar refractivity (Wildman–Crippen MR) is 110 cm³/mol. The minimum Gasteiger partial charge on any atom is -0.496 e. The Labute approximate surface area is 171 Å². The molecule has 0 radical (unpaired) electrons. The summed E-state index contributed by atoms with van der Waals surface area (Å²) >= 11 is 0. The van der Waals surface area contributed by atoms with Crippen LogP contribution in [0.15, 0.2) is 48.5 Å². The summed E-state index contributed by atoms with van der Waals surface area (Å²) in [6.45, 7) is 2.58. The average Bonchev–Trinajstić information content (AvgIpc) is 2.72. The molecule has 0 heterocycles. The van der Waals surface area contributed by atoms with E-state index in [9.17, 15) is 14.0 Å². The van der Waals surface area contributed by atoms with Crippen molar-refractivity contribution in [1.29, 1.82) is 0 Å². The SMILES string of the molecule is CCCC(NC(=O)NCc1ccc(F)cc1)C(=O)N(C)Cc1ccccc1OC. The molecule has 1 atom stereocenters. The van der Waals surface area contributed by atoms with Crippen LogP contribution in [-0.2, 0) is 17.9 Å². The first kappa shape index (κ1) is 22.2. The maximum atomic E-state index is 13.0. The molecule has 3 amide bonds. The molecule has 2 aromatic rings. The summed E-state index contributed by atoms with van der Waals surface area (Å²) in [4.78, 5) is 26.7. The van der Waals surface area contributed by atoms with Crippen LogP contribution in [0.2, 0.25) is 0 Å². The molecule has 156 valence electrons. The highest BCUT2D eigenvalue weighted by atomic mass is 19.1. The van der Waals surface area contributed by atoms with Gasteiger partial charge < -0.3 is 20.3 Å². The van der Waals surface area contributed by atoms with Gasteiger partial charge >= 0.3 is 6.03 Å². The zero-order valence-electron chi connectivity index (χ0n) is 17.1. The summed E-state index contributed by atoms with van der Waals surface area (Å²) < 4.78 is 18.3. The molecule has 0 fully saturated rings. The molecule has 29 heavy (non-hydrogen) atoms. The minimum absolute atomic E-state index is 0.172. The zero-order valence-corrected chi connectivity index (χ0v) is 17.1. The van der Waals surface area contributed by atoms with E-state index < -0.39 is 12.1 Å². The zero-order chi connectivity index (χ0) is 21.2. The Bertz CT molecular complexity index is 811. The average molecular weight is 401 g/mol. The monoisotopic (exact) mass is 401 g/mol. The number of urea groups is 1. The highest BCUT2D eigenvalue weighted by molar-refractivity contribution is 5.87. The van der Waals surface area contributed by atoms with Crippen molar-refractivity contribution in [3.63, 3.8) is 0 Å². The lowest BCUT2D eigenvalue weighted by Crippen LogP contribution is -2.50. The Hall–Kier alpha value is -3.09. The van der Waals surface area contributed by atoms with Crippen LogP contribution in [-0.4, -0.2) is 37.0 Å². The Morgan fingerprint density at radius 1 is 1.14 bits per heavy atom. The van der Waals surface area contributed by atoms with Gasteiger partial charge in [-0.3, -0.25) is 4.79 Å². The molecule has 0 bridgehead atoms. The highest BCUT2D eigenvalue weighted by Crippen LogP contribution is 2.19. The third-order valence-electron chi connectivity index (χ3n) is 4.52. The highest BCUT2D eigenvalue weighted by Gasteiger charge is 2.23. The quantitative estimate of drug-likeness (QED) is 0.676. The second kappa shape index (κ2) is 11.0. The number of halogens is 1. The third-order valence-corrected chi connectivity index (χ3v) is 4.52. The van der Waals surface area contributed by atoms with Crippen molar-refractivity contribution in [3.8, 4) is 5.75 Å². The third kappa shape index (κ3) is 6.78. The van der Waals surface area contributed by atoms with E-state index in [1.54, 1.807) is 31.2 Å². The van der Waals surface area contributed by atoms with Crippen molar-refractivity contribution in [2.24, 2.45) is 0 Å². The van der Waals surface area contributed by atoms with E-state index in [0.717, 1.165) is 17.5 Å². The van der Waals surface area contributed by atoms with Gasteiger partial charge in [-0.15, -0.1) is 0 Å². The summed E-state index contributed by atoms with van der Waals surface area (Å²) in [5, 5.41) is 5.45. The maximum absolute atomic E-state index is 13.0. The molecule has 0 aliphatic carbocycles. The molecule has 0 aliphatic rings. The number of para-hydroxylation sites is 1. The van der Waals surface area contributed by atoms with E-state index in [4.69, 9.17) is 4.74 Å². The number of rotatable bonds is 9. The van der Waals surface area contributed by atoms with Crippen molar-refractivity contribution < 1.29 is 18.7 Å². The van der Waals surface area contributed by atoms with E-state index in [1.165, 1.54) is 12.1 Å². The Kier molecular flexibility index (Phi) is 8.45. The number of nitrogens with zero attached hydrogens (tertiary/aromatic N) is 1. The standard InChI is InChI=1S/C22H28FN3O3/c1-4-7-19(25-22(28)24-14-16-10-12-18(23)13-11-16)21(27)26(2)15-17-8-5-6-9-20(17)29-3/h5-6,8-13,19H,4,7,14-15H2,1-3H3,(H2,24,25,28). The number of benzene rings is 2. The van der Waals surface area contributed by atoms with Gasteiger partial charge in [0.15, 0.2) is 0 Å². The first-order valence-electron chi connectivity index (χ1n) is 9.60. The molecular formula is C22H28FN3O3. The number of methoxy groups -OCH3 is 1. The van der Waals surface area contributed by atoms with Crippen LogP contribution in [0, 0.1) is 5.82 Å². The number of carbonyl (C=O) groups excluding carboxylic acids is 2. The Morgan fingerprint density at radius 3 is 2.48 bits per heavy atom. The van der Waals surface area contributed by atoms with Crippen LogP contribution >= 0.6 is 0 Å². The molecule has 0 spiro atoms. The lowest BCUT2D eigenvalue weighted by Gasteiger charge is -2.25. The molecule has 0 aromatic heterocycles. The summed E-state index contributed by atoms with van der Waals surface area (Å²) in [5.74, 6) is 0.212. The molecule has 7 heteroatoms. The normalized spacial score (nSPS) is 11.4. The molecule has 6 nitrogen and oxygen atoms in total. The van der Waals surface area contributed by atoms with Crippen LogP contribution in [0.4, 0.5) is 9.18 Å². The predicted octanol–water partition coefficient (Wildman–Crippen LogP) is 3.46. The number of hydrogen-bond acceptors (Lipinski definition) is 3. The largest absolute Gasteiger partial charge is 0.496 e. The minimum atomic E-state index is -0.632. The Morgan fingerprint density at radius 2 is 1.83 bits per heavy atom. The summed E-state index contributed by atoms with van der Waals surface area (Å²) in [6.07, 6.45) is 1.27. The lowest BCUT2D eigenvalue weighted by atomic mass is 10.1. The molecule has 2 N–H and O–H groups in total. The van der Waals surface area contributed by atoms with Gasteiger partial charge in [-0.2, -0.15) is 0 Å². The molecule has 0 saturated carbocycles. The van der Waals surface area contributed by atoms with Gasteiger partial charge in [0.05, 0.1) is 7.11 Å². The second-order valence-corrected chi connectivity index (χ2v) is 6.80. The first-order chi connectivity index (χ1) is 13.9. The van der Waals surface area contributed by atoms with Gasteiger partial charge in [0.2, 0.25) is 5.91 Å². The smallest absolute Gasteiger partial charge is 0.315 e. The molecule has 2 rings (SSSR count). The topological polar surface area (TPSA) is 70.7 Å². The fourth-order valence-electron chi connectivity index (χ4n) is 2.97. The van der Waals surface area contributed by atoms with E-state index in [1.807, 2.05) is 31.2 Å². The number of carbonyl (C=O) groups is 2. The number of hydrogen-bond donors (Lipinski definition) is 2. The molecule has 0 saturated heterocycles. The summed E-state index contributed by atoms with van der Waals surface area (Å²) in [7, 11) is 3.29. The van der Waals surface area contributed by atoms with Crippen LogP contribution in [0.3, 0.4) is 0 Å². The first-order valence-corrected chi connectivity index (χ1v) is 9.60. The van der Waals surface area contributed by atoms with Gasteiger partial charge in [-0.25, -0.2) is 9.18 Å². The molecule has 2 aromatic carbocycles. The fraction of sp³-hybridized carbons (Fsp3) is 0.364. The number of amides is 3. The van der Waals surface area contributed by atoms with Gasteiger partial charge in [0, 0.05) is 25.7 Å². The number of likely N-dealkylation sites (N-methyl/N-ethyl adjacent to an activating group) is 1. The van der Waals surface area contributed by atoms with E-state index in [-0.39, 0.29) is 18.3 Å². The second-order valence-electron chi connectivity index (χ2n) is 6.80. The van der Waals surface area contributed by atoms with Crippen molar-refractivity contribution >= 4 is 11.9 Å². The summed E-state index contributed by atoms with van der Waals surface area (Å²) in [6, 6.07) is 12.3. The van der Waals surface area contributed by atoms with Crippen molar-refractivity contribution in [2.75, 3.05) is 14.2 Å². The van der Waals surface area contributed by atoms with Crippen molar-refractivity contribution in [1.82, 2.24) is 15.5 Å². The van der Waals surface area contributed by atoms with Crippen LogP contribution in [0.1, 0.15) is 30.9 Å². The van der Waals surface area contributed by atoms with Crippen molar-refractivity contribution in [3.05, 3.63) is 65.5 Å². The number of ether oxygens (including phenoxy) is 1. The molecule has 0 aliphatic heterocycles.